The van der Waals surface area contributed by atoms with Gasteiger partial charge in [0.15, 0.2) is 25.6 Å². The summed E-state index contributed by atoms with van der Waals surface area (Å²) in [5, 5.41) is 11.9. The first kappa shape index (κ1) is 31.0. The number of sulfonamides is 1. The van der Waals surface area contributed by atoms with Gasteiger partial charge in [0.25, 0.3) is 0 Å². The second-order valence-corrected chi connectivity index (χ2v) is 20.6. The molecule has 4 aliphatic rings. The first-order valence-corrected chi connectivity index (χ1v) is 19.1. The van der Waals surface area contributed by atoms with Crippen LogP contribution in [0.15, 0.2) is 41.3 Å². The first-order chi connectivity index (χ1) is 20.0. The summed E-state index contributed by atoms with van der Waals surface area (Å²) < 4.78 is 68.1. The standard InChI is InChI=1S/C31H43NO9SSi/c1-17-10-12-18(13-11-17)42(34,35)32-24-23(19-14-21-22(38-16-37-21)15-20(19)29(32)33)25(36-7)28(41-43(8,9)30(2,3)4)27-26(24)39-31(5,6)40-27/h10-15,23-29,33H,16H2,1-9H3/t23-,24-,25-,26+,27+,28+,29?/m1/s1. The van der Waals surface area contributed by atoms with Crippen molar-refractivity contribution in [1.29, 1.82) is 0 Å². The summed E-state index contributed by atoms with van der Waals surface area (Å²) in [5.74, 6) is -0.645. The Kier molecular flexibility index (Phi) is 7.38. The van der Waals surface area contributed by atoms with Gasteiger partial charge in [-0.15, -0.1) is 0 Å². The second-order valence-electron chi connectivity index (χ2n) is 14.0. The van der Waals surface area contributed by atoms with Crippen LogP contribution in [0.5, 0.6) is 11.5 Å². The highest BCUT2D eigenvalue weighted by Crippen LogP contribution is 2.56. The van der Waals surface area contributed by atoms with Crippen LogP contribution in [0.25, 0.3) is 0 Å². The smallest absolute Gasteiger partial charge is 0.245 e. The van der Waals surface area contributed by atoms with Crippen LogP contribution < -0.4 is 9.47 Å². The van der Waals surface area contributed by atoms with Crippen molar-refractivity contribution < 1.29 is 41.6 Å². The third-order valence-electron chi connectivity index (χ3n) is 9.73. The van der Waals surface area contributed by atoms with Crippen molar-refractivity contribution in [2.75, 3.05) is 13.9 Å². The van der Waals surface area contributed by atoms with Gasteiger partial charge in [0, 0.05) is 18.6 Å². The average molecular weight is 634 g/mol. The van der Waals surface area contributed by atoms with Crippen LogP contribution in [-0.2, 0) is 28.7 Å². The van der Waals surface area contributed by atoms with Crippen molar-refractivity contribution in [2.45, 2.75) is 113 Å². The van der Waals surface area contributed by atoms with Gasteiger partial charge in [-0.25, -0.2) is 8.42 Å². The van der Waals surface area contributed by atoms with Gasteiger partial charge >= 0.3 is 0 Å². The number of hydrogen-bond acceptors (Lipinski definition) is 9. The summed E-state index contributed by atoms with van der Waals surface area (Å²) in [6.07, 6.45) is -4.17. The quantitative estimate of drug-likeness (QED) is 0.464. The maximum atomic E-state index is 14.5. The lowest BCUT2D eigenvalue weighted by atomic mass is 9.70. The van der Waals surface area contributed by atoms with E-state index in [-0.39, 0.29) is 16.7 Å². The highest BCUT2D eigenvalue weighted by molar-refractivity contribution is 7.89. The molecule has 43 heavy (non-hydrogen) atoms. The van der Waals surface area contributed by atoms with Crippen molar-refractivity contribution in [1.82, 2.24) is 4.31 Å². The molecule has 1 unspecified atom stereocenters. The highest BCUT2D eigenvalue weighted by atomic mass is 32.2. The van der Waals surface area contributed by atoms with Gasteiger partial charge < -0.3 is 33.2 Å². The van der Waals surface area contributed by atoms with Crippen LogP contribution >= 0.6 is 0 Å². The van der Waals surface area contributed by atoms with Crippen molar-refractivity contribution in [3.8, 4) is 11.5 Å². The molecule has 236 valence electrons. The maximum Gasteiger partial charge on any atom is 0.245 e. The molecule has 0 amide bonds. The fourth-order valence-electron chi connectivity index (χ4n) is 6.63. The summed E-state index contributed by atoms with van der Waals surface area (Å²) >= 11 is 0. The van der Waals surface area contributed by atoms with Gasteiger partial charge in [-0.3, -0.25) is 0 Å². The van der Waals surface area contributed by atoms with Crippen LogP contribution in [-0.4, -0.2) is 76.3 Å². The second kappa shape index (κ2) is 10.2. The number of benzene rings is 2. The maximum absolute atomic E-state index is 14.5. The minimum absolute atomic E-state index is 0.0362. The van der Waals surface area contributed by atoms with Gasteiger partial charge in [0.1, 0.15) is 24.5 Å². The molecule has 10 nitrogen and oxygen atoms in total. The van der Waals surface area contributed by atoms with E-state index in [1.165, 1.54) is 4.31 Å². The van der Waals surface area contributed by atoms with Gasteiger partial charge in [0.05, 0.1) is 17.0 Å². The van der Waals surface area contributed by atoms with E-state index in [0.29, 0.717) is 22.6 Å². The molecule has 1 aliphatic carbocycles. The number of nitrogens with zero attached hydrogens (tertiary/aromatic N) is 1. The van der Waals surface area contributed by atoms with Crippen molar-refractivity contribution in [3.63, 3.8) is 0 Å². The largest absolute Gasteiger partial charge is 0.454 e. The lowest BCUT2D eigenvalue weighted by Crippen LogP contribution is -2.68. The van der Waals surface area contributed by atoms with Gasteiger partial charge in [0.2, 0.25) is 16.8 Å². The molecule has 1 saturated carbocycles. The lowest BCUT2D eigenvalue weighted by molar-refractivity contribution is -0.160. The Hall–Kier alpha value is -2.03. The minimum atomic E-state index is -4.25. The number of methoxy groups -OCH3 is 1. The normalized spacial score (nSPS) is 31.8. The van der Waals surface area contributed by atoms with Crippen molar-refractivity contribution >= 4 is 18.3 Å². The molecule has 3 aliphatic heterocycles. The number of aliphatic hydroxyl groups excluding tert-OH is 1. The van der Waals surface area contributed by atoms with E-state index in [9.17, 15) is 13.5 Å². The lowest BCUT2D eigenvalue weighted by Gasteiger charge is -2.55. The third kappa shape index (κ3) is 4.94. The molecule has 7 atom stereocenters. The van der Waals surface area contributed by atoms with Gasteiger partial charge in [-0.2, -0.15) is 4.31 Å². The molecule has 0 aromatic heterocycles. The molecule has 1 N–H and O–H groups in total. The zero-order chi connectivity index (χ0) is 31.3. The predicted molar refractivity (Wildman–Crippen MR) is 161 cm³/mol. The van der Waals surface area contributed by atoms with Crippen LogP contribution in [0.2, 0.25) is 18.1 Å². The number of ether oxygens (including phenoxy) is 5. The SMILES string of the molecule is CO[C@H]1[C@H](O[Si](C)(C)C(C)(C)C)[C@H]2OC(C)(C)O[C@H]2[C@H]2[C@H]1c1cc3c(cc1C(O)N2S(=O)(=O)c1ccc(C)cc1)OCO3. The molecule has 0 radical (unpaired) electrons. The molecule has 0 spiro atoms. The topological polar surface area (TPSA) is 113 Å². The van der Waals surface area contributed by atoms with E-state index >= 15 is 0 Å². The van der Waals surface area contributed by atoms with E-state index in [1.807, 2.05) is 26.8 Å². The number of aliphatic hydroxyl groups is 1. The van der Waals surface area contributed by atoms with E-state index in [4.69, 9.17) is 28.1 Å². The molecule has 3 heterocycles. The van der Waals surface area contributed by atoms with E-state index in [0.717, 1.165) is 5.56 Å². The molecule has 6 rings (SSSR count). The molecular weight excluding hydrogens is 590 g/mol. The predicted octanol–water partition coefficient (Wildman–Crippen LogP) is 4.81. The Morgan fingerprint density at radius 3 is 2.14 bits per heavy atom. The molecule has 2 fully saturated rings. The van der Waals surface area contributed by atoms with Crippen LogP contribution in [0.1, 0.15) is 63.5 Å². The van der Waals surface area contributed by atoms with Crippen LogP contribution in [0.3, 0.4) is 0 Å². The van der Waals surface area contributed by atoms with Crippen LogP contribution in [0.4, 0.5) is 0 Å². The fourth-order valence-corrected chi connectivity index (χ4v) is 9.60. The summed E-state index contributed by atoms with van der Waals surface area (Å²) in [7, 11) is -5.03. The first-order valence-electron chi connectivity index (χ1n) is 14.7. The van der Waals surface area contributed by atoms with E-state index in [2.05, 4.69) is 33.9 Å². The molecule has 0 bridgehead atoms. The number of fused-ring (bicyclic) bond motifs is 6. The Morgan fingerprint density at radius 2 is 1.56 bits per heavy atom. The van der Waals surface area contributed by atoms with Gasteiger partial charge in [-0.1, -0.05) is 38.5 Å². The summed E-state index contributed by atoms with van der Waals surface area (Å²) in [6, 6.07) is 9.25. The number of aryl methyl sites for hydroxylation is 1. The zero-order valence-corrected chi connectivity index (χ0v) is 28.1. The average Bonchev–Trinajstić information content (AvgIpc) is 3.50. The van der Waals surface area contributed by atoms with Crippen molar-refractivity contribution in [3.05, 3.63) is 53.1 Å². The molecule has 12 heteroatoms. The third-order valence-corrected chi connectivity index (χ3v) is 16.1. The van der Waals surface area contributed by atoms with Gasteiger partial charge in [-0.05, 0) is 68.7 Å². The fraction of sp³-hybridized carbons (Fsp3) is 0.613. The van der Waals surface area contributed by atoms with Crippen LogP contribution in [0, 0.1) is 6.92 Å². The zero-order valence-electron chi connectivity index (χ0n) is 26.3. The van der Waals surface area contributed by atoms with Crippen molar-refractivity contribution in [2.24, 2.45) is 0 Å². The Balaban J connectivity index is 1.58. The number of hydrogen-bond donors (Lipinski definition) is 1. The molecular formula is C31H43NO9SSi. The monoisotopic (exact) mass is 633 g/mol. The molecule has 2 aromatic carbocycles. The molecule has 2 aromatic rings. The Labute approximate surface area is 255 Å². The summed E-state index contributed by atoms with van der Waals surface area (Å²) in [5.41, 5.74) is 2.04. The Morgan fingerprint density at radius 1 is 0.977 bits per heavy atom. The van der Waals surface area contributed by atoms with E-state index < -0.39 is 66.7 Å². The minimum Gasteiger partial charge on any atom is -0.454 e. The van der Waals surface area contributed by atoms with E-state index in [1.54, 1.807) is 37.4 Å². The summed E-state index contributed by atoms with van der Waals surface area (Å²) in [4.78, 5) is 0.0726. The molecule has 1 saturated heterocycles. The summed E-state index contributed by atoms with van der Waals surface area (Å²) in [6.45, 7) is 16.4. The Bertz CT molecular complexity index is 1500. The highest BCUT2D eigenvalue weighted by Gasteiger charge is 2.66. The number of rotatable bonds is 5.